The predicted molar refractivity (Wildman–Crippen MR) is 47.7 cm³/mol. The van der Waals surface area contributed by atoms with Crippen LogP contribution in [0.3, 0.4) is 0 Å². The normalized spacial score (nSPS) is 38.0. The summed E-state index contributed by atoms with van der Waals surface area (Å²) in [6, 6.07) is -0.443. The van der Waals surface area contributed by atoms with Gasteiger partial charge in [0.05, 0.1) is 12.7 Å². The molecule has 0 amide bonds. The number of aliphatic carboxylic acids is 1. The topological polar surface area (TPSA) is 81.0 Å². The average molecular weight is 201 g/mol. The Hall–Kier alpha value is -0.650. The number of carbonyl (C=O) groups is 1. The molecule has 5 heteroatoms. The molecule has 2 aliphatic rings. The van der Waals surface area contributed by atoms with E-state index in [9.17, 15) is 9.90 Å². The second kappa shape index (κ2) is 3.49. The Morgan fingerprint density at radius 2 is 2.29 bits per heavy atom. The Bertz CT molecular complexity index is 245. The molecule has 0 aromatic carbocycles. The number of β-amino-alcohol motifs (C(OH)–C–C–N with tert-alkyl or cyclic N) is 1. The van der Waals surface area contributed by atoms with Crippen molar-refractivity contribution in [1.82, 2.24) is 4.90 Å². The van der Waals surface area contributed by atoms with Gasteiger partial charge in [0.1, 0.15) is 6.04 Å². The number of aliphatic hydroxyl groups excluding tert-OH is 2. The highest BCUT2D eigenvalue weighted by molar-refractivity contribution is 5.75. The molecule has 3 N–H and O–H groups in total. The largest absolute Gasteiger partial charge is 0.480 e. The molecule has 1 saturated heterocycles. The Morgan fingerprint density at radius 1 is 1.57 bits per heavy atom. The van der Waals surface area contributed by atoms with Crippen molar-refractivity contribution in [2.24, 2.45) is 11.8 Å². The molecule has 5 nitrogen and oxygen atoms in total. The minimum atomic E-state index is -0.825. The predicted octanol–water partition coefficient (Wildman–Crippen LogP) is -1.26. The molecule has 0 aromatic rings. The van der Waals surface area contributed by atoms with Crippen LogP contribution in [-0.4, -0.2) is 58.0 Å². The molecule has 0 bridgehead atoms. The van der Waals surface area contributed by atoms with Gasteiger partial charge in [-0.05, 0) is 18.3 Å². The first-order valence-electron chi connectivity index (χ1n) is 4.89. The highest BCUT2D eigenvalue weighted by Gasteiger charge is 2.55. The summed E-state index contributed by atoms with van der Waals surface area (Å²) in [5.74, 6) is -0.0273. The van der Waals surface area contributed by atoms with Crippen molar-refractivity contribution in [2.45, 2.75) is 18.6 Å². The highest BCUT2D eigenvalue weighted by atomic mass is 16.4. The monoisotopic (exact) mass is 201 g/mol. The Labute approximate surface area is 82.0 Å². The van der Waals surface area contributed by atoms with E-state index in [4.69, 9.17) is 10.2 Å². The van der Waals surface area contributed by atoms with Crippen LogP contribution in [0, 0.1) is 11.8 Å². The second-order valence-corrected chi connectivity index (χ2v) is 4.23. The van der Waals surface area contributed by atoms with Crippen molar-refractivity contribution in [2.75, 3.05) is 19.7 Å². The van der Waals surface area contributed by atoms with Crippen molar-refractivity contribution in [1.29, 1.82) is 0 Å². The molecule has 4 atom stereocenters. The molecular weight excluding hydrogens is 186 g/mol. The molecule has 2 rings (SSSR count). The van der Waals surface area contributed by atoms with Gasteiger partial charge >= 0.3 is 5.97 Å². The van der Waals surface area contributed by atoms with Crippen LogP contribution in [0.2, 0.25) is 0 Å². The van der Waals surface area contributed by atoms with E-state index in [0.717, 1.165) is 13.0 Å². The summed E-state index contributed by atoms with van der Waals surface area (Å²) in [5, 5.41) is 26.9. The molecule has 2 fully saturated rings. The van der Waals surface area contributed by atoms with Gasteiger partial charge in [0.25, 0.3) is 0 Å². The zero-order chi connectivity index (χ0) is 10.3. The molecule has 4 unspecified atom stereocenters. The van der Waals surface area contributed by atoms with E-state index in [2.05, 4.69) is 0 Å². The number of piperidine rings is 1. The molecule has 1 saturated carbocycles. The number of hydrogen-bond acceptors (Lipinski definition) is 4. The van der Waals surface area contributed by atoms with E-state index in [1.54, 1.807) is 4.90 Å². The lowest BCUT2D eigenvalue weighted by Gasteiger charge is -2.25. The third-order valence-corrected chi connectivity index (χ3v) is 3.15. The van der Waals surface area contributed by atoms with Crippen LogP contribution in [0.5, 0.6) is 0 Å². The minimum absolute atomic E-state index is 0.264. The first-order valence-corrected chi connectivity index (χ1v) is 4.89. The van der Waals surface area contributed by atoms with E-state index in [0.29, 0.717) is 5.92 Å². The van der Waals surface area contributed by atoms with Gasteiger partial charge < -0.3 is 15.3 Å². The molecule has 14 heavy (non-hydrogen) atoms. The van der Waals surface area contributed by atoms with E-state index in [1.807, 2.05) is 0 Å². The second-order valence-electron chi connectivity index (χ2n) is 4.23. The van der Waals surface area contributed by atoms with Crippen LogP contribution in [0.15, 0.2) is 0 Å². The number of likely N-dealkylation sites (tertiary alicyclic amines) is 1. The maximum atomic E-state index is 10.9. The molecule has 80 valence electrons. The van der Waals surface area contributed by atoms with Gasteiger partial charge in [-0.15, -0.1) is 0 Å². The standard InChI is InChI=1S/C9H15NO4/c11-4-6(12)3-10-2-5-1-7(5)8(10)9(13)14/h5-8,11-12H,1-4H2,(H,13,14). The number of hydrogen-bond donors (Lipinski definition) is 3. The third kappa shape index (κ3) is 1.63. The van der Waals surface area contributed by atoms with Gasteiger partial charge in [-0.1, -0.05) is 0 Å². The number of carboxylic acids is 1. The van der Waals surface area contributed by atoms with Crippen LogP contribution in [0.25, 0.3) is 0 Å². The van der Waals surface area contributed by atoms with Crippen LogP contribution < -0.4 is 0 Å². The Morgan fingerprint density at radius 3 is 2.86 bits per heavy atom. The van der Waals surface area contributed by atoms with Crippen molar-refractivity contribution in [3.05, 3.63) is 0 Å². The molecule has 1 heterocycles. The number of fused-ring (bicyclic) bond motifs is 1. The van der Waals surface area contributed by atoms with E-state index in [-0.39, 0.29) is 19.1 Å². The van der Waals surface area contributed by atoms with Gasteiger partial charge in [0.15, 0.2) is 0 Å². The quantitative estimate of drug-likeness (QED) is 0.529. The SMILES string of the molecule is O=C(O)C1C2CC2CN1CC(O)CO. The van der Waals surface area contributed by atoms with Crippen LogP contribution >= 0.6 is 0 Å². The fourth-order valence-corrected chi connectivity index (χ4v) is 2.41. The molecular formula is C9H15NO4. The fraction of sp³-hybridized carbons (Fsp3) is 0.889. The molecule has 0 aromatic heterocycles. The van der Waals surface area contributed by atoms with Gasteiger partial charge in [-0.3, -0.25) is 9.69 Å². The van der Waals surface area contributed by atoms with Crippen LogP contribution in [-0.2, 0) is 4.79 Å². The number of carboxylic acid groups (broad SMARTS) is 1. The molecule has 1 aliphatic heterocycles. The van der Waals surface area contributed by atoms with Gasteiger partial charge in [-0.25, -0.2) is 0 Å². The smallest absolute Gasteiger partial charge is 0.321 e. The van der Waals surface area contributed by atoms with E-state index in [1.165, 1.54) is 0 Å². The third-order valence-electron chi connectivity index (χ3n) is 3.15. The molecule has 0 spiro atoms. The molecule has 1 aliphatic carbocycles. The zero-order valence-corrected chi connectivity index (χ0v) is 7.83. The van der Waals surface area contributed by atoms with E-state index >= 15 is 0 Å². The summed E-state index contributed by atoms with van der Waals surface area (Å²) in [4.78, 5) is 12.7. The lowest BCUT2D eigenvalue weighted by atomic mass is 10.2. The molecule has 0 radical (unpaired) electrons. The van der Waals surface area contributed by atoms with E-state index < -0.39 is 18.1 Å². The lowest BCUT2D eigenvalue weighted by Crippen LogP contribution is -2.44. The fourth-order valence-electron chi connectivity index (χ4n) is 2.41. The van der Waals surface area contributed by atoms with Crippen molar-refractivity contribution in [3.63, 3.8) is 0 Å². The van der Waals surface area contributed by atoms with Crippen LogP contribution in [0.4, 0.5) is 0 Å². The number of nitrogens with zero attached hydrogens (tertiary/aromatic N) is 1. The summed E-state index contributed by atoms with van der Waals surface area (Å²) >= 11 is 0. The summed E-state index contributed by atoms with van der Waals surface area (Å²) < 4.78 is 0. The summed E-state index contributed by atoms with van der Waals surface area (Å²) in [6.45, 7) is 0.706. The van der Waals surface area contributed by atoms with Crippen LogP contribution in [0.1, 0.15) is 6.42 Å². The summed E-state index contributed by atoms with van der Waals surface area (Å²) in [6.07, 6.45) is 0.178. The summed E-state index contributed by atoms with van der Waals surface area (Å²) in [7, 11) is 0. The number of rotatable bonds is 4. The van der Waals surface area contributed by atoms with Crippen molar-refractivity contribution < 1.29 is 20.1 Å². The maximum Gasteiger partial charge on any atom is 0.321 e. The van der Waals surface area contributed by atoms with Gasteiger partial charge in [0, 0.05) is 13.1 Å². The first-order chi connectivity index (χ1) is 6.63. The minimum Gasteiger partial charge on any atom is -0.480 e. The Balaban J connectivity index is 1.95. The average Bonchev–Trinajstić information content (AvgIpc) is 2.77. The zero-order valence-electron chi connectivity index (χ0n) is 7.83. The Kier molecular flexibility index (Phi) is 2.47. The van der Waals surface area contributed by atoms with Gasteiger partial charge in [0.2, 0.25) is 0 Å². The number of aliphatic hydroxyl groups is 2. The van der Waals surface area contributed by atoms with Crippen molar-refractivity contribution in [3.8, 4) is 0 Å². The first kappa shape index (κ1) is 9.89. The lowest BCUT2D eigenvalue weighted by molar-refractivity contribution is -0.143. The highest BCUT2D eigenvalue weighted by Crippen LogP contribution is 2.49. The summed E-state index contributed by atoms with van der Waals surface area (Å²) in [5.41, 5.74) is 0. The van der Waals surface area contributed by atoms with Crippen molar-refractivity contribution >= 4 is 5.97 Å². The maximum absolute atomic E-state index is 10.9. The van der Waals surface area contributed by atoms with Gasteiger partial charge in [-0.2, -0.15) is 0 Å².